The van der Waals surface area contributed by atoms with Crippen LogP contribution in [0, 0.1) is 17.8 Å². The summed E-state index contributed by atoms with van der Waals surface area (Å²) in [4.78, 5) is 2.76. The first-order valence-corrected chi connectivity index (χ1v) is 22.5. The first kappa shape index (κ1) is 30.5. The minimum absolute atomic E-state index is 0.185. The molecule has 0 amide bonds. The molecule has 6 aliphatic carbocycles. The molecule has 1 fully saturated rings. The molecule has 1 saturated heterocycles. The molecule has 51 heavy (non-hydrogen) atoms. The van der Waals surface area contributed by atoms with Gasteiger partial charge >= 0.3 is 0 Å². The van der Waals surface area contributed by atoms with Crippen LogP contribution >= 0.6 is 0 Å². The van der Waals surface area contributed by atoms with Crippen molar-refractivity contribution in [2.45, 2.75) is 76.0 Å². The van der Waals surface area contributed by atoms with E-state index in [2.05, 4.69) is 127 Å². The number of fused-ring (bicyclic) bond motifs is 8. The highest BCUT2D eigenvalue weighted by Crippen LogP contribution is 2.54. The van der Waals surface area contributed by atoms with E-state index in [1.54, 1.807) is 21.2 Å². The van der Waals surface area contributed by atoms with E-state index >= 15 is 0 Å². The highest BCUT2D eigenvalue weighted by molar-refractivity contribution is 6.76. The molecule has 251 valence electrons. The summed E-state index contributed by atoms with van der Waals surface area (Å²) in [7, 11) is -0.0694. The van der Waals surface area contributed by atoms with Crippen LogP contribution in [-0.2, 0) is 4.74 Å². The molecule has 2 aromatic rings. The maximum absolute atomic E-state index is 6.82. The Balaban J connectivity index is 1.02. The zero-order valence-corrected chi connectivity index (χ0v) is 31.4. The van der Waals surface area contributed by atoms with Gasteiger partial charge in [0, 0.05) is 34.3 Å². The van der Waals surface area contributed by atoms with Crippen LogP contribution in [0.15, 0.2) is 153 Å². The van der Waals surface area contributed by atoms with E-state index in [1.807, 2.05) is 0 Å². The Morgan fingerprint density at radius 1 is 0.843 bits per heavy atom. The van der Waals surface area contributed by atoms with Crippen LogP contribution in [0.2, 0.25) is 6.55 Å². The summed E-state index contributed by atoms with van der Waals surface area (Å²) in [6, 6.07) is 17.2. The van der Waals surface area contributed by atoms with Crippen molar-refractivity contribution >= 4 is 40.5 Å². The molecular formula is C47H44NOSi2. The fraction of sp³-hybridized carbons (Fsp3) is 0.319. The fourth-order valence-corrected chi connectivity index (χ4v) is 14.9. The number of ether oxygens (including phenoxy) is 1. The quantitative estimate of drug-likeness (QED) is 0.296. The minimum atomic E-state index is -0.863. The van der Waals surface area contributed by atoms with Crippen LogP contribution < -0.4 is 10.1 Å². The summed E-state index contributed by atoms with van der Waals surface area (Å²) in [6.45, 7) is 2.56. The number of allylic oxidation sites excluding steroid dienone is 16. The van der Waals surface area contributed by atoms with Crippen molar-refractivity contribution < 1.29 is 4.74 Å². The third-order valence-corrected chi connectivity index (χ3v) is 17.4. The molecule has 3 radical (unpaired) electrons. The van der Waals surface area contributed by atoms with E-state index in [0.717, 1.165) is 22.4 Å². The van der Waals surface area contributed by atoms with Crippen LogP contribution in [-0.4, -0.2) is 30.5 Å². The predicted octanol–water partition coefficient (Wildman–Crippen LogP) is 10.2. The first-order chi connectivity index (χ1) is 25.2. The lowest BCUT2D eigenvalue weighted by atomic mass is 9.71. The molecule has 6 unspecified atom stereocenters. The fourth-order valence-electron chi connectivity index (χ4n) is 10.9. The van der Waals surface area contributed by atoms with Gasteiger partial charge in [-0.2, -0.15) is 0 Å². The van der Waals surface area contributed by atoms with Gasteiger partial charge in [0.25, 0.3) is 0 Å². The molecule has 11 rings (SSSR count). The largest absolute Gasteiger partial charge is 0.489 e. The standard InChI is InChI=1S/C47H44NOSi2/c1-51-43-26-25-36-35-16-4-6-20-40(35)49-47(36)46(43)38-24-23-32(28-44(38)51)48(39-19-10-22-42-45(39)37-17-5-7-21-41(37)50-42)31-14-8-13-30(27-31)34-18-9-12-29-11-2-3-15-33(29)34/h2,4-6,8,10-14,16-17,19-20,22-24,26-27,32-36,40H,3,7,9,15,18,21,25,28H2,1H3. The van der Waals surface area contributed by atoms with E-state index in [1.165, 1.54) is 88.7 Å². The van der Waals surface area contributed by atoms with E-state index in [9.17, 15) is 0 Å². The van der Waals surface area contributed by atoms with Crippen molar-refractivity contribution in [3.05, 3.63) is 165 Å². The third-order valence-electron chi connectivity index (χ3n) is 13.3. The summed E-state index contributed by atoms with van der Waals surface area (Å²) in [5, 5.41) is 6.48. The van der Waals surface area contributed by atoms with E-state index in [0.29, 0.717) is 23.7 Å². The number of hydrogen-bond donors (Lipinski definition) is 0. The molecule has 9 aliphatic rings. The van der Waals surface area contributed by atoms with Gasteiger partial charge in [-0.1, -0.05) is 108 Å². The number of anilines is 2. The van der Waals surface area contributed by atoms with Gasteiger partial charge in [0.1, 0.15) is 30.2 Å². The van der Waals surface area contributed by atoms with Crippen molar-refractivity contribution in [3.63, 3.8) is 0 Å². The minimum Gasteiger partial charge on any atom is -0.489 e. The summed E-state index contributed by atoms with van der Waals surface area (Å²) >= 11 is 0. The van der Waals surface area contributed by atoms with Crippen molar-refractivity contribution in [1.82, 2.24) is 0 Å². The summed E-state index contributed by atoms with van der Waals surface area (Å²) in [5.41, 5.74) is 11.8. The molecule has 4 heteroatoms. The molecule has 0 spiro atoms. The van der Waals surface area contributed by atoms with Crippen LogP contribution in [0.25, 0.3) is 5.57 Å². The van der Waals surface area contributed by atoms with Gasteiger partial charge in [-0.25, -0.2) is 0 Å². The molecule has 0 bridgehead atoms. The number of hydrogen-bond acceptors (Lipinski definition) is 2. The van der Waals surface area contributed by atoms with Gasteiger partial charge in [0.15, 0.2) is 0 Å². The molecule has 3 heterocycles. The van der Waals surface area contributed by atoms with E-state index in [4.69, 9.17) is 4.74 Å². The average Bonchev–Trinajstić information content (AvgIpc) is 3.84. The molecule has 2 nitrogen and oxygen atoms in total. The zero-order valence-electron chi connectivity index (χ0n) is 29.4. The van der Waals surface area contributed by atoms with Crippen molar-refractivity contribution in [2.24, 2.45) is 17.8 Å². The van der Waals surface area contributed by atoms with Crippen molar-refractivity contribution in [1.29, 1.82) is 0 Å². The summed E-state index contributed by atoms with van der Waals surface area (Å²) < 4.78 is 6.82. The van der Waals surface area contributed by atoms with E-state index < -0.39 is 8.80 Å². The molecular weight excluding hydrogens is 651 g/mol. The maximum atomic E-state index is 6.82. The lowest BCUT2D eigenvalue weighted by molar-refractivity contribution is 0.183. The Labute approximate surface area is 307 Å². The SMILES string of the molecule is C[Si]1C2=CCC3C(=C2C2=C1CC(N(c1cccc(C4CCC=C5C=CCCC54)c1)c1cccc4c1C1=C(CCC=C1)[Si]4)C=C2)OC1C=CC=CC13. The molecule has 3 aliphatic heterocycles. The van der Waals surface area contributed by atoms with Crippen LogP contribution in [0.1, 0.15) is 68.4 Å². The smallest absolute Gasteiger partial charge is 0.124 e. The Morgan fingerprint density at radius 2 is 1.75 bits per heavy atom. The summed E-state index contributed by atoms with van der Waals surface area (Å²) in [6.07, 6.45) is 38.5. The molecule has 0 N–H and O–H groups in total. The second-order valence-electron chi connectivity index (χ2n) is 15.9. The second kappa shape index (κ2) is 12.0. The number of benzene rings is 2. The Bertz CT molecular complexity index is 2180. The Hall–Kier alpha value is -4.13. The normalized spacial score (nSPS) is 31.0. The van der Waals surface area contributed by atoms with Crippen LogP contribution in [0.4, 0.5) is 11.4 Å². The lowest BCUT2D eigenvalue weighted by Gasteiger charge is -2.38. The zero-order chi connectivity index (χ0) is 33.6. The van der Waals surface area contributed by atoms with Gasteiger partial charge in [-0.05, 0) is 120 Å². The molecule has 6 atom stereocenters. The lowest BCUT2D eigenvalue weighted by Crippen LogP contribution is -2.34. The maximum Gasteiger partial charge on any atom is 0.124 e. The predicted molar refractivity (Wildman–Crippen MR) is 214 cm³/mol. The molecule has 2 aromatic carbocycles. The highest BCUT2D eigenvalue weighted by atomic mass is 28.3. The van der Waals surface area contributed by atoms with Crippen molar-refractivity contribution in [2.75, 3.05) is 4.90 Å². The van der Waals surface area contributed by atoms with Gasteiger partial charge < -0.3 is 9.64 Å². The first-order valence-electron chi connectivity index (χ1n) is 19.5. The monoisotopic (exact) mass is 694 g/mol. The number of nitrogens with zero attached hydrogens (tertiary/aromatic N) is 1. The number of rotatable bonds is 4. The summed E-state index contributed by atoms with van der Waals surface area (Å²) in [5.74, 6) is 3.44. The van der Waals surface area contributed by atoms with Gasteiger partial charge in [0.2, 0.25) is 0 Å². The van der Waals surface area contributed by atoms with Gasteiger partial charge in [-0.3, -0.25) is 0 Å². The van der Waals surface area contributed by atoms with Crippen LogP contribution in [0.3, 0.4) is 0 Å². The topological polar surface area (TPSA) is 12.5 Å². The van der Waals surface area contributed by atoms with E-state index in [-0.39, 0.29) is 12.1 Å². The second-order valence-corrected chi connectivity index (χ2v) is 19.7. The molecule has 0 aromatic heterocycles. The van der Waals surface area contributed by atoms with Crippen LogP contribution in [0.5, 0.6) is 0 Å². The van der Waals surface area contributed by atoms with Gasteiger partial charge in [0.05, 0.1) is 6.04 Å². The van der Waals surface area contributed by atoms with Crippen molar-refractivity contribution in [3.8, 4) is 0 Å². The average molecular weight is 695 g/mol. The molecule has 0 saturated carbocycles. The Morgan fingerprint density at radius 3 is 2.73 bits per heavy atom. The van der Waals surface area contributed by atoms with Gasteiger partial charge in [-0.15, -0.1) is 0 Å². The highest BCUT2D eigenvalue weighted by Gasteiger charge is 2.47. The Kier molecular flexibility index (Phi) is 7.15. The third kappa shape index (κ3) is 4.71.